The first kappa shape index (κ1) is 11.0. The second-order valence-electron chi connectivity index (χ2n) is 4.62. The molecule has 0 spiro atoms. The van der Waals surface area contributed by atoms with Gasteiger partial charge in [-0.05, 0) is 36.0 Å². The predicted molar refractivity (Wildman–Crippen MR) is 71.6 cm³/mol. The van der Waals surface area contributed by atoms with Crippen molar-refractivity contribution in [1.29, 1.82) is 0 Å². The largest absolute Gasteiger partial charge is 0.381 e. The van der Waals surface area contributed by atoms with E-state index in [9.17, 15) is 0 Å². The number of hydrogen-bond acceptors (Lipinski definition) is 4. The molecule has 3 rings (SSSR count). The zero-order valence-corrected chi connectivity index (χ0v) is 10.7. The second kappa shape index (κ2) is 4.63. The summed E-state index contributed by atoms with van der Waals surface area (Å²) < 4.78 is 9.92. The molecule has 1 aromatic heterocycles. The van der Waals surface area contributed by atoms with Crippen molar-refractivity contribution >= 4 is 27.4 Å². The molecular weight excluding hydrogens is 232 g/mol. The van der Waals surface area contributed by atoms with Crippen molar-refractivity contribution in [1.82, 2.24) is 4.37 Å². The van der Waals surface area contributed by atoms with Crippen molar-refractivity contribution in [3.63, 3.8) is 0 Å². The van der Waals surface area contributed by atoms with Crippen LogP contribution < -0.4 is 5.32 Å². The summed E-state index contributed by atoms with van der Waals surface area (Å²) in [6, 6.07) is 8.79. The van der Waals surface area contributed by atoms with Crippen molar-refractivity contribution < 1.29 is 4.74 Å². The lowest BCUT2D eigenvalue weighted by molar-refractivity contribution is 0.0538. The van der Waals surface area contributed by atoms with Gasteiger partial charge in [0, 0.05) is 18.0 Å². The Morgan fingerprint density at radius 2 is 2.29 bits per heavy atom. The molecule has 2 unspecified atom stereocenters. The molecule has 2 heterocycles. The average Bonchev–Trinajstić information content (AvgIpc) is 2.76. The smallest absolute Gasteiger partial charge is 0.117 e. The van der Waals surface area contributed by atoms with Crippen molar-refractivity contribution in [3.8, 4) is 0 Å². The highest BCUT2D eigenvalue weighted by Gasteiger charge is 2.22. The Morgan fingerprint density at radius 3 is 3.18 bits per heavy atom. The fourth-order valence-electron chi connectivity index (χ4n) is 2.26. The number of rotatable bonds is 2. The molecule has 1 aromatic carbocycles. The minimum atomic E-state index is 0.507. The highest BCUT2D eigenvalue weighted by Crippen LogP contribution is 2.30. The SMILES string of the molecule is CC1COCCC1Nc1snc2ccccc12. The molecule has 0 radical (unpaired) electrons. The molecule has 0 aliphatic carbocycles. The average molecular weight is 248 g/mol. The second-order valence-corrected chi connectivity index (χ2v) is 5.39. The molecule has 1 aliphatic heterocycles. The molecule has 90 valence electrons. The van der Waals surface area contributed by atoms with Gasteiger partial charge in [0.25, 0.3) is 0 Å². The van der Waals surface area contributed by atoms with E-state index in [1.54, 1.807) is 11.5 Å². The van der Waals surface area contributed by atoms with Crippen LogP contribution in [0.5, 0.6) is 0 Å². The van der Waals surface area contributed by atoms with E-state index in [-0.39, 0.29) is 0 Å². The van der Waals surface area contributed by atoms with E-state index in [1.807, 2.05) is 6.07 Å². The van der Waals surface area contributed by atoms with Gasteiger partial charge < -0.3 is 10.1 Å². The third-order valence-electron chi connectivity index (χ3n) is 3.34. The molecule has 0 bridgehead atoms. The molecule has 1 fully saturated rings. The molecule has 17 heavy (non-hydrogen) atoms. The van der Waals surface area contributed by atoms with Crippen LogP contribution in [0.2, 0.25) is 0 Å². The quantitative estimate of drug-likeness (QED) is 0.886. The molecule has 4 heteroatoms. The van der Waals surface area contributed by atoms with Gasteiger partial charge in [-0.3, -0.25) is 0 Å². The van der Waals surface area contributed by atoms with Gasteiger partial charge in [0.1, 0.15) is 5.00 Å². The first-order chi connectivity index (χ1) is 8.34. The number of ether oxygens (including phenoxy) is 1. The van der Waals surface area contributed by atoms with Crippen LogP contribution in [0.25, 0.3) is 10.9 Å². The summed E-state index contributed by atoms with van der Waals surface area (Å²) in [7, 11) is 0. The molecule has 0 amide bonds. The van der Waals surface area contributed by atoms with Gasteiger partial charge in [-0.15, -0.1) is 0 Å². The fourth-order valence-corrected chi connectivity index (χ4v) is 3.08. The summed E-state index contributed by atoms with van der Waals surface area (Å²) in [5.74, 6) is 0.560. The van der Waals surface area contributed by atoms with Crippen LogP contribution in [-0.2, 0) is 4.74 Å². The van der Waals surface area contributed by atoms with Gasteiger partial charge in [0.15, 0.2) is 0 Å². The number of fused-ring (bicyclic) bond motifs is 1. The van der Waals surface area contributed by atoms with E-state index >= 15 is 0 Å². The molecule has 1 N–H and O–H groups in total. The van der Waals surface area contributed by atoms with E-state index in [4.69, 9.17) is 4.74 Å². The van der Waals surface area contributed by atoms with Crippen molar-refractivity contribution in [2.24, 2.45) is 5.92 Å². The Bertz CT molecular complexity index is 511. The summed E-state index contributed by atoms with van der Waals surface area (Å²) in [6.45, 7) is 3.95. The van der Waals surface area contributed by atoms with Gasteiger partial charge in [-0.2, -0.15) is 4.37 Å². The van der Waals surface area contributed by atoms with Gasteiger partial charge >= 0.3 is 0 Å². The summed E-state index contributed by atoms with van der Waals surface area (Å²) >= 11 is 1.56. The van der Waals surface area contributed by atoms with Crippen LogP contribution in [-0.4, -0.2) is 23.6 Å². The Labute approximate surface area is 105 Å². The predicted octanol–water partition coefficient (Wildman–Crippen LogP) is 3.13. The minimum absolute atomic E-state index is 0.507. The van der Waals surface area contributed by atoms with Gasteiger partial charge in [0.2, 0.25) is 0 Å². The third kappa shape index (κ3) is 2.15. The van der Waals surface area contributed by atoms with Gasteiger partial charge in [0.05, 0.1) is 12.1 Å². The molecule has 3 nitrogen and oxygen atoms in total. The number of anilines is 1. The first-order valence-corrected chi connectivity index (χ1v) is 6.80. The topological polar surface area (TPSA) is 34.1 Å². The zero-order valence-electron chi connectivity index (χ0n) is 9.85. The summed E-state index contributed by atoms with van der Waals surface area (Å²) in [5, 5.41) is 6.06. The molecule has 1 aliphatic rings. The van der Waals surface area contributed by atoms with E-state index in [0.29, 0.717) is 12.0 Å². The molecule has 2 atom stereocenters. The van der Waals surface area contributed by atoms with Crippen LogP contribution in [0, 0.1) is 5.92 Å². The van der Waals surface area contributed by atoms with E-state index in [0.717, 1.165) is 25.2 Å². The Balaban J connectivity index is 1.84. The number of benzene rings is 1. The maximum Gasteiger partial charge on any atom is 0.117 e. The van der Waals surface area contributed by atoms with Crippen molar-refractivity contribution in [2.75, 3.05) is 18.5 Å². The van der Waals surface area contributed by atoms with Crippen LogP contribution in [0.4, 0.5) is 5.00 Å². The summed E-state index contributed by atoms with van der Waals surface area (Å²) in [4.78, 5) is 0. The van der Waals surface area contributed by atoms with E-state index in [1.165, 1.54) is 10.4 Å². The number of hydrogen-bond donors (Lipinski definition) is 1. The lowest BCUT2D eigenvalue weighted by Gasteiger charge is -2.29. The molecule has 0 saturated carbocycles. The lowest BCUT2D eigenvalue weighted by Crippen LogP contribution is -2.35. The van der Waals surface area contributed by atoms with Crippen LogP contribution >= 0.6 is 11.5 Å². The molecule has 2 aromatic rings. The summed E-state index contributed by atoms with van der Waals surface area (Å²) in [5.41, 5.74) is 1.08. The molecule has 1 saturated heterocycles. The van der Waals surface area contributed by atoms with Crippen molar-refractivity contribution in [3.05, 3.63) is 24.3 Å². The first-order valence-electron chi connectivity index (χ1n) is 6.03. The highest BCUT2D eigenvalue weighted by molar-refractivity contribution is 7.11. The lowest BCUT2D eigenvalue weighted by atomic mass is 9.98. The number of nitrogens with one attached hydrogen (secondary N) is 1. The number of aromatic nitrogens is 1. The Hall–Kier alpha value is -1.13. The van der Waals surface area contributed by atoms with Gasteiger partial charge in [-0.1, -0.05) is 19.1 Å². The van der Waals surface area contributed by atoms with Crippen LogP contribution in [0.1, 0.15) is 13.3 Å². The highest BCUT2D eigenvalue weighted by atomic mass is 32.1. The van der Waals surface area contributed by atoms with Crippen LogP contribution in [0.15, 0.2) is 24.3 Å². The van der Waals surface area contributed by atoms with E-state index in [2.05, 4.69) is 34.8 Å². The fraction of sp³-hybridized carbons (Fsp3) is 0.462. The van der Waals surface area contributed by atoms with E-state index < -0.39 is 0 Å². The zero-order chi connectivity index (χ0) is 11.7. The minimum Gasteiger partial charge on any atom is -0.381 e. The number of nitrogens with zero attached hydrogens (tertiary/aromatic N) is 1. The Morgan fingerprint density at radius 1 is 1.41 bits per heavy atom. The molecular formula is C13H16N2OS. The third-order valence-corrected chi connectivity index (χ3v) is 4.15. The standard InChI is InChI=1S/C13H16N2OS/c1-9-8-16-7-6-11(9)14-13-10-4-2-3-5-12(10)15-17-13/h2-5,9,11,14H,6-8H2,1H3. The van der Waals surface area contributed by atoms with Gasteiger partial charge in [-0.25, -0.2) is 0 Å². The summed E-state index contributed by atoms with van der Waals surface area (Å²) in [6.07, 6.45) is 1.08. The normalized spacial score (nSPS) is 25.0. The monoisotopic (exact) mass is 248 g/mol. The van der Waals surface area contributed by atoms with Crippen LogP contribution in [0.3, 0.4) is 0 Å². The Kier molecular flexibility index (Phi) is 2.99. The van der Waals surface area contributed by atoms with Crippen molar-refractivity contribution in [2.45, 2.75) is 19.4 Å². The maximum atomic E-state index is 5.47. The maximum absolute atomic E-state index is 5.47.